The summed E-state index contributed by atoms with van der Waals surface area (Å²) in [5.41, 5.74) is 8.31. The summed E-state index contributed by atoms with van der Waals surface area (Å²) < 4.78 is 3.14. The maximum Gasteiger partial charge on any atom is 0.0767 e. The highest BCUT2D eigenvalue weighted by Crippen LogP contribution is 2.24. The normalized spacial score (nSPS) is 21.9. The van der Waals surface area contributed by atoms with E-state index < -0.39 is 0 Å². The maximum absolute atomic E-state index is 5.91. The number of nitrogens with two attached hydrogens (primary N) is 1. The van der Waals surface area contributed by atoms with Crippen LogP contribution < -0.4 is 5.73 Å². The summed E-state index contributed by atoms with van der Waals surface area (Å²) in [7, 11) is 2.01. The molecule has 0 bridgehead atoms. The van der Waals surface area contributed by atoms with E-state index in [9.17, 15) is 0 Å². The topological polar surface area (TPSA) is 47.1 Å². The van der Waals surface area contributed by atoms with Gasteiger partial charge in [0.25, 0.3) is 0 Å². The quantitative estimate of drug-likeness (QED) is 0.911. The van der Waals surface area contributed by atoms with Crippen molar-refractivity contribution in [1.29, 1.82) is 0 Å². The molecule has 0 saturated carbocycles. The minimum Gasteiger partial charge on any atom is -0.326 e. The molecular weight excluding hydrogens is 268 g/mol. The fraction of sp³-hybridized carbons (Fsp3) is 0.727. The molecule has 1 aliphatic heterocycles. The van der Waals surface area contributed by atoms with Crippen LogP contribution >= 0.6 is 15.9 Å². The van der Waals surface area contributed by atoms with Gasteiger partial charge in [-0.15, -0.1) is 0 Å². The number of halogens is 1. The molecule has 1 aromatic heterocycles. The smallest absolute Gasteiger partial charge is 0.0767 e. The van der Waals surface area contributed by atoms with Gasteiger partial charge in [0.15, 0.2) is 0 Å². The molecule has 2 N–H and O–H groups in total. The highest BCUT2D eigenvalue weighted by molar-refractivity contribution is 9.10. The molecule has 4 nitrogen and oxygen atoms in total. The van der Waals surface area contributed by atoms with Crippen molar-refractivity contribution in [1.82, 2.24) is 14.7 Å². The van der Waals surface area contributed by atoms with Crippen molar-refractivity contribution in [3.63, 3.8) is 0 Å². The van der Waals surface area contributed by atoms with Crippen LogP contribution in [-0.2, 0) is 20.0 Å². The Morgan fingerprint density at radius 1 is 1.56 bits per heavy atom. The highest BCUT2D eigenvalue weighted by Gasteiger charge is 2.22. The number of likely N-dealkylation sites (tertiary alicyclic amines) is 1. The third kappa shape index (κ3) is 2.31. The van der Waals surface area contributed by atoms with Gasteiger partial charge in [-0.25, -0.2) is 0 Å². The lowest BCUT2D eigenvalue weighted by molar-refractivity contribution is 0.316. The molecule has 0 aromatic carbocycles. The second-order valence-electron chi connectivity index (χ2n) is 4.47. The zero-order valence-electron chi connectivity index (χ0n) is 9.91. The third-order valence-electron chi connectivity index (χ3n) is 3.19. The lowest BCUT2D eigenvalue weighted by atomic mass is 10.3. The molecule has 2 heterocycles. The lowest BCUT2D eigenvalue weighted by Crippen LogP contribution is -2.27. The molecule has 1 aromatic rings. The molecule has 5 heteroatoms. The lowest BCUT2D eigenvalue weighted by Gasteiger charge is -2.15. The molecule has 0 spiro atoms. The Labute approximate surface area is 105 Å². The summed E-state index contributed by atoms with van der Waals surface area (Å²) in [5, 5.41) is 4.50. The molecule has 0 unspecified atom stereocenters. The van der Waals surface area contributed by atoms with Crippen molar-refractivity contribution in [3.05, 3.63) is 15.9 Å². The average molecular weight is 287 g/mol. The van der Waals surface area contributed by atoms with E-state index in [0.717, 1.165) is 42.6 Å². The van der Waals surface area contributed by atoms with Gasteiger partial charge in [-0.2, -0.15) is 5.10 Å². The van der Waals surface area contributed by atoms with Gasteiger partial charge in [0.1, 0.15) is 0 Å². The van der Waals surface area contributed by atoms with Crippen LogP contribution in [0.3, 0.4) is 0 Å². The van der Waals surface area contributed by atoms with Crippen LogP contribution in [0.5, 0.6) is 0 Å². The van der Waals surface area contributed by atoms with Crippen molar-refractivity contribution in [2.24, 2.45) is 12.8 Å². The van der Waals surface area contributed by atoms with Crippen LogP contribution in [0, 0.1) is 0 Å². The minimum absolute atomic E-state index is 0.345. The molecule has 2 rings (SSSR count). The first-order valence-corrected chi connectivity index (χ1v) is 6.59. The Hall–Kier alpha value is -0.390. The average Bonchev–Trinajstić information content (AvgIpc) is 2.77. The maximum atomic E-state index is 5.91. The molecule has 0 radical (unpaired) electrons. The van der Waals surface area contributed by atoms with Crippen LogP contribution in [0.15, 0.2) is 4.47 Å². The van der Waals surface area contributed by atoms with Gasteiger partial charge in [-0.1, -0.05) is 6.92 Å². The number of hydrogen-bond acceptors (Lipinski definition) is 3. The van der Waals surface area contributed by atoms with E-state index in [1.807, 2.05) is 11.7 Å². The highest BCUT2D eigenvalue weighted by atomic mass is 79.9. The second kappa shape index (κ2) is 4.85. The molecule has 1 saturated heterocycles. The molecule has 0 amide bonds. The summed E-state index contributed by atoms with van der Waals surface area (Å²) in [4.78, 5) is 2.39. The number of hydrogen-bond donors (Lipinski definition) is 1. The van der Waals surface area contributed by atoms with Gasteiger partial charge in [-0.3, -0.25) is 9.58 Å². The summed E-state index contributed by atoms with van der Waals surface area (Å²) >= 11 is 3.64. The predicted octanol–water partition coefficient (Wildman–Crippen LogP) is 1.28. The fourth-order valence-corrected chi connectivity index (χ4v) is 2.95. The first-order valence-electron chi connectivity index (χ1n) is 5.80. The molecule has 16 heavy (non-hydrogen) atoms. The first kappa shape index (κ1) is 12.1. The van der Waals surface area contributed by atoms with E-state index in [-0.39, 0.29) is 0 Å². The Morgan fingerprint density at radius 3 is 2.81 bits per heavy atom. The molecule has 1 fully saturated rings. The molecule has 0 aliphatic carbocycles. The number of aromatic nitrogens is 2. The molecular formula is C11H19BrN4. The minimum atomic E-state index is 0.345. The van der Waals surface area contributed by atoms with Crippen LogP contribution in [-0.4, -0.2) is 33.8 Å². The van der Waals surface area contributed by atoms with E-state index in [2.05, 4.69) is 32.9 Å². The van der Waals surface area contributed by atoms with Crippen molar-refractivity contribution in [2.45, 2.75) is 32.4 Å². The van der Waals surface area contributed by atoms with Crippen LogP contribution in [0.4, 0.5) is 0 Å². The SMILES string of the molecule is CCc1nn(C)c(CN2CC[C@@H](N)C2)c1Br. The van der Waals surface area contributed by atoms with E-state index >= 15 is 0 Å². The Kier molecular flexibility index (Phi) is 3.66. The van der Waals surface area contributed by atoms with Gasteiger partial charge >= 0.3 is 0 Å². The molecule has 90 valence electrons. The van der Waals surface area contributed by atoms with E-state index in [1.54, 1.807) is 0 Å². The van der Waals surface area contributed by atoms with Crippen molar-refractivity contribution >= 4 is 15.9 Å². The van der Waals surface area contributed by atoms with E-state index in [4.69, 9.17) is 5.73 Å². The van der Waals surface area contributed by atoms with E-state index in [1.165, 1.54) is 5.69 Å². The molecule has 1 atom stereocenters. The van der Waals surface area contributed by atoms with Crippen LogP contribution in [0.25, 0.3) is 0 Å². The fourth-order valence-electron chi connectivity index (χ4n) is 2.21. The first-order chi connectivity index (χ1) is 7.61. The predicted molar refractivity (Wildman–Crippen MR) is 68.2 cm³/mol. The second-order valence-corrected chi connectivity index (χ2v) is 5.26. The zero-order chi connectivity index (χ0) is 11.7. The van der Waals surface area contributed by atoms with Crippen molar-refractivity contribution < 1.29 is 0 Å². The van der Waals surface area contributed by atoms with Crippen molar-refractivity contribution in [3.8, 4) is 0 Å². The Morgan fingerprint density at radius 2 is 2.31 bits per heavy atom. The number of rotatable bonds is 3. The Bertz CT molecular complexity index is 374. The van der Waals surface area contributed by atoms with Gasteiger partial charge in [0.05, 0.1) is 15.9 Å². The van der Waals surface area contributed by atoms with E-state index in [0.29, 0.717) is 6.04 Å². The van der Waals surface area contributed by atoms with Crippen LogP contribution in [0.2, 0.25) is 0 Å². The van der Waals surface area contributed by atoms with Gasteiger partial charge in [0, 0.05) is 32.7 Å². The number of nitrogens with zero attached hydrogens (tertiary/aromatic N) is 3. The van der Waals surface area contributed by atoms with Gasteiger partial charge < -0.3 is 5.73 Å². The van der Waals surface area contributed by atoms with Crippen LogP contribution in [0.1, 0.15) is 24.7 Å². The van der Waals surface area contributed by atoms with Gasteiger partial charge in [0.2, 0.25) is 0 Å². The summed E-state index contributed by atoms with van der Waals surface area (Å²) in [6.45, 7) is 5.17. The summed E-state index contributed by atoms with van der Waals surface area (Å²) in [5.74, 6) is 0. The zero-order valence-corrected chi connectivity index (χ0v) is 11.5. The van der Waals surface area contributed by atoms with Gasteiger partial charge in [-0.05, 0) is 28.8 Å². The summed E-state index contributed by atoms with van der Waals surface area (Å²) in [6, 6.07) is 0.345. The monoisotopic (exact) mass is 286 g/mol. The largest absolute Gasteiger partial charge is 0.326 e. The summed E-state index contributed by atoms with van der Waals surface area (Å²) in [6.07, 6.45) is 2.07. The standard InChI is InChI=1S/C11H19BrN4/c1-3-9-11(12)10(15(2)14-9)7-16-5-4-8(13)6-16/h8H,3-7,13H2,1-2H3/t8-/m1/s1. The number of aryl methyl sites for hydroxylation is 2. The molecule has 1 aliphatic rings. The third-order valence-corrected chi connectivity index (χ3v) is 4.10. The Balaban J connectivity index is 2.12. The van der Waals surface area contributed by atoms with Crippen molar-refractivity contribution in [2.75, 3.05) is 13.1 Å².